The third-order valence-corrected chi connectivity index (χ3v) is 3.33. The van der Waals surface area contributed by atoms with Gasteiger partial charge in [0.2, 0.25) is 0 Å². The minimum atomic E-state index is -1.03. The summed E-state index contributed by atoms with van der Waals surface area (Å²) < 4.78 is 5.20. The molecule has 2 rings (SSSR count). The van der Waals surface area contributed by atoms with Crippen molar-refractivity contribution in [1.82, 2.24) is 5.32 Å². The number of carboxylic acids is 1. The van der Waals surface area contributed by atoms with E-state index >= 15 is 0 Å². The number of hydrogen-bond donors (Lipinski definition) is 3. The van der Waals surface area contributed by atoms with E-state index in [2.05, 4.69) is 5.32 Å². The first-order valence-electron chi connectivity index (χ1n) is 5.74. The molecule has 6 nitrogen and oxygen atoms in total. The minimum Gasteiger partial charge on any atom is -0.479 e. The Kier molecular flexibility index (Phi) is 4.09. The van der Waals surface area contributed by atoms with Gasteiger partial charge in [-0.25, -0.2) is 4.79 Å². The lowest BCUT2D eigenvalue weighted by Gasteiger charge is -2.10. The third kappa shape index (κ3) is 3.39. The number of carbonyl (C=O) groups is 2. The van der Waals surface area contributed by atoms with Crippen molar-refractivity contribution >= 4 is 34.9 Å². The average Bonchev–Trinajstić information content (AvgIpc) is 2.70. The van der Waals surface area contributed by atoms with E-state index in [0.717, 1.165) is 17.3 Å². The second-order valence-electron chi connectivity index (χ2n) is 4.06. The Labute approximate surface area is 119 Å². The number of ether oxygens (including phenoxy) is 1. The van der Waals surface area contributed by atoms with Gasteiger partial charge in [0.25, 0.3) is 5.91 Å². The first kappa shape index (κ1) is 14.1. The largest absolute Gasteiger partial charge is 0.479 e. The zero-order chi connectivity index (χ0) is 14.7. The van der Waals surface area contributed by atoms with Crippen LogP contribution in [0.15, 0.2) is 29.2 Å². The molecule has 1 aliphatic rings. The zero-order valence-corrected chi connectivity index (χ0v) is 11.4. The van der Waals surface area contributed by atoms with Gasteiger partial charge < -0.3 is 15.2 Å². The van der Waals surface area contributed by atoms with E-state index < -0.39 is 12.1 Å². The van der Waals surface area contributed by atoms with Gasteiger partial charge in [-0.2, -0.15) is 0 Å². The smallest absolute Gasteiger partial charge is 0.344 e. The highest BCUT2D eigenvalue weighted by Gasteiger charge is 2.22. The number of carboxylic acid groups (broad SMARTS) is 1. The minimum absolute atomic E-state index is 0.108. The maximum absolute atomic E-state index is 11.4. The van der Waals surface area contributed by atoms with E-state index in [4.69, 9.17) is 15.3 Å². The van der Waals surface area contributed by atoms with Crippen molar-refractivity contribution in [3.05, 3.63) is 34.7 Å². The standard InChI is InChI=1S/C13H12N2O4S/c1-7(12(17)18)19-9-4-2-8(3-5-9)6-10-11(16)15-13(14)20-10/h2-7H,1H3,(H,17,18)(H2,14,15,16). The molecule has 1 fully saturated rings. The van der Waals surface area contributed by atoms with Crippen LogP contribution >= 0.6 is 11.8 Å². The van der Waals surface area contributed by atoms with E-state index in [1.165, 1.54) is 6.92 Å². The molecular formula is C13H12N2O4S. The number of amides is 1. The number of nitrogens with one attached hydrogen (secondary N) is 2. The van der Waals surface area contributed by atoms with Crippen LogP contribution in [0.5, 0.6) is 5.75 Å². The van der Waals surface area contributed by atoms with Crippen molar-refractivity contribution in [2.24, 2.45) is 0 Å². The van der Waals surface area contributed by atoms with Gasteiger partial charge in [0.15, 0.2) is 11.3 Å². The Morgan fingerprint density at radius 3 is 2.60 bits per heavy atom. The molecule has 0 bridgehead atoms. The van der Waals surface area contributed by atoms with Gasteiger partial charge in [0, 0.05) is 0 Å². The number of hydrogen-bond acceptors (Lipinski definition) is 5. The fourth-order valence-corrected chi connectivity index (χ4v) is 2.19. The molecule has 0 aromatic heterocycles. The number of benzene rings is 1. The Morgan fingerprint density at radius 2 is 2.10 bits per heavy atom. The summed E-state index contributed by atoms with van der Waals surface area (Å²) in [5.74, 6) is -0.883. The lowest BCUT2D eigenvalue weighted by molar-refractivity contribution is -0.144. The lowest BCUT2D eigenvalue weighted by Crippen LogP contribution is -2.22. The molecule has 1 aliphatic heterocycles. The SMILES string of the molecule is CC(Oc1ccc(C=C2SC(=N)NC2=O)cc1)C(=O)O. The fourth-order valence-electron chi connectivity index (χ4n) is 1.49. The van der Waals surface area contributed by atoms with Gasteiger partial charge >= 0.3 is 5.97 Å². The zero-order valence-electron chi connectivity index (χ0n) is 10.5. The van der Waals surface area contributed by atoms with Gasteiger partial charge in [-0.05, 0) is 42.5 Å². The van der Waals surface area contributed by atoms with Crippen LogP contribution in [0.4, 0.5) is 0 Å². The summed E-state index contributed by atoms with van der Waals surface area (Å²) in [7, 11) is 0. The molecule has 0 aliphatic carbocycles. The molecule has 1 saturated heterocycles. The molecule has 0 saturated carbocycles. The molecule has 1 heterocycles. The second-order valence-corrected chi connectivity index (χ2v) is 5.11. The maximum atomic E-state index is 11.4. The van der Waals surface area contributed by atoms with E-state index in [9.17, 15) is 9.59 Å². The van der Waals surface area contributed by atoms with Gasteiger partial charge in [-0.3, -0.25) is 10.2 Å². The van der Waals surface area contributed by atoms with Crippen LogP contribution in [0.1, 0.15) is 12.5 Å². The predicted molar refractivity (Wildman–Crippen MR) is 75.6 cm³/mol. The first-order chi connectivity index (χ1) is 9.45. The molecule has 104 valence electrons. The molecule has 1 unspecified atom stereocenters. The van der Waals surface area contributed by atoms with Crippen LogP contribution in [-0.2, 0) is 9.59 Å². The molecule has 7 heteroatoms. The van der Waals surface area contributed by atoms with Crippen molar-refractivity contribution in [2.75, 3.05) is 0 Å². The van der Waals surface area contributed by atoms with Crippen molar-refractivity contribution in [3.8, 4) is 5.75 Å². The Morgan fingerprint density at radius 1 is 1.45 bits per heavy atom. The lowest BCUT2D eigenvalue weighted by atomic mass is 10.2. The number of carbonyl (C=O) groups excluding carboxylic acids is 1. The predicted octanol–water partition coefficient (Wildman–Crippen LogP) is 1.68. The van der Waals surface area contributed by atoms with Gasteiger partial charge in [0.1, 0.15) is 5.75 Å². The van der Waals surface area contributed by atoms with Crippen LogP contribution in [-0.4, -0.2) is 28.3 Å². The monoisotopic (exact) mass is 292 g/mol. The van der Waals surface area contributed by atoms with Gasteiger partial charge in [0.05, 0.1) is 4.91 Å². The van der Waals surface area contributed by atoms with Crippen molar-refractivity contribution in [2.45, 2.75) is 13.0 Å². The number of thioether (sulfide) groups is 1. The molecule has 3 N–H and O–H groups in total. The van der Waals surface area contributed by atoms with Crippen LogP contribution in [0, 0.1) is 5.41 Å². The van der Waals surface area contributed by atoms with Crippen molar-refractivity contribution in [1.29, 1.82) is 5.41 Å². The van der Waals surface area contributed by atoms with Crippen LogP contribution in [0.25, 0.3) is 6.08 Å². The molecule has 1 amide bonds. The Hall–Kier alpha value is -2.28. The summed E-state index contributed by atoms with van der Waals surface area (Å²) in [6, 6.07) is 6.70. The number of aliphatic carboxylic acids is 1. The molecule has 0 radical (unpaired) electrons. The van der Waals surface area contributed by atoms with E-state index in [-0.39, 0.29) is 11.1 Å². The molecule has 1 aromatic rings. The molecule has 20 heavy (non-hydrogen) atoms. The highest BCUT2D eigenvalue weighted by molar-refractivity contribution is 8.18. The number of amidine groups is 1. The second kappa shape index (κ2) is 5.79. The number of rotatable bonds is 4. The topological polar surface area (TPSA) is 99.5 Å². The van der Waals surface area contributed by atoms with Crippen molar-refractivity contribution in [3.63, 3.8) is 0 Å². The molecule has 1 atom stereocenters. The molecular weight excluding hydrogens is 280 g/mol. The van der Waals surface area contributed by atoms with E-state index in [0.29, 0.717) is 10.7 Å². The van der Waals surface area contributed by atoms with Crippen LogP contribution in [0.2, 0.25) is 0 Å². The van der Waals surface area contributed by atoms with E-state index in [1.54, 1.807) is 30.3 Å². The summed E-state index contributed by atoms with van der Waals surface area (Å²) in [6.07, 6.45) is 0.738. The van der Waals surface area contributed by atoms with Crippen molar-refractivity contribution < 1.29 is 19.4 Å². The summed E-state index contributed by atoms with van der Waals surface area (Å²) in [6.45, 7) is 1.45. The van der Waals surface area contributed by atoms with Crippen LogP contribution in [0.3, 0.4) is 0 Å². The van der Waals surface area contributed by atoms with E-state index in [1.807, 2.05) is 0 Å². The van der Waals surface area contributed by atoms with Crippen LogP contribution < -0.4 is 10.1 Å². The normalized spacial score (nSPS) is 17.9. The van der Waals surface area contributed by atoms with Gasteiger partial charge in [-0.1, -0.05) is 12.1 Å². The summed E-state index contributed by atoms with van der Waals surface area (Å²) >= 11 is 1.06. The highest BCUT2D eigenvalue weighted by atomic mass is 32.2. The molecule has 1 aromatic carbocycles. The average molecular weight is 292 g/mol. The summed E-state index contributed by atoms with van der Waals surface area (Å²) in [4.78, 5) is 22.6. The fraction of sp³-hybridized carbons (Fsp3) is 0.154. The van der Waals surface area contributed by atoms with Gasteiger partial charge in [-0.15, -0.1) is 0 Å². The summed E-state index contributed by atoms with van der Waals surface area (Å²) in [5.41, 5.74) is 0.771. The Bertz CT molecular complexity index is 595. The quantitative estimate of drug-likeness (QED) is 0.733. The highest BCUT2D eigenvalue weighted by Crippen LogP contribution is 2.25. The third-order valence-electron chi connectivity index (χ3n) is 2.50. The summed E-state index contributed by atoms with van der Waals surface area (Å²) in [5, 5.41) is 18.6. The molecule has 0 spiro atoms. The Balaban J connectivity index is 2.09. The first-order valence-corrected chi connectivity index (χ1v) is 6.56. The maximum Gasteiger partial charge on any atom is 0.344 e.